The fourth-order valence-electron chi connectivity index (χ4n) is 6.59. The van der Waals surface area contributed by atoms with Crippen molar-refractivity contribution in [2.45, 2.75) is 217 Å². The lowest BCUT2D eigenvalue weighted by Gasteiger charge is -2.45. The van der Waals surface area contributed by atoms with Crippen LogP contribution in [0, 0.1) is 0 Å². The van der Waals surface area contributed by atoms with E-state index < -0.39 is 0 Å². The summed E-state index contributed by atoms with van der Waals surface area (Å²) in [5.41, 5.74) is 0. The van der Waals surface area contributed by atoms with Crippen molar-refractivity contribution in [1.29, 1.82) is 0 Å². The summed E-state index contributed by atoms with van der Waals surface area (Å²) in [6.45, 7) is 11.8. The molecule has 37 heavy (non-hydrogen) atoms. The molecule has 0 spiro atoms. The molecule has 0 aliphatic rings. The number of unbranched alkanes of at least 4 members (excludes halogenated alkanes) is 14. The molecule has 0 saturated heterocycles. The van der Waals surface area contributed by atoms with Crippen LogP contribution < -0.4 is 0 Å². The van der Waals surface area contributed by atoms with Crippen LogP contribution >= 0.6 is 27.7 Å². The molecule has 0 aromatic carbocycles. The Balaban J connectivity index is 5.70. The second-order valence-corrected chi connectivity index (χ2v) is 16.8. The first-order valence-electron chi connectivity index (χ1n) is 17.1. The second-order valence-electron chi connectivity index (χ2n) is 13.1. The van der Waals surface area contributed by atoms with Crippen LogP contribution in [-0.4, -0.2) is 15.5 Å². The molecule has 0 radical (unpaired) electrons. The zero-order valence-electron chi connectivity index (χ0n) is 26.6. The maximum atomic E-state index is 3.53. The molecular formula is C34H73P3. The Morgan fingerprint density at radius 1 is 0.297 bits per heavy atom. The summed E-state index contributed by atoms with van der Waals surface area (Å²) >= 11 is 0. The van der Waals surface area contributed by atoms with Crippen molar-refractivity contribution in [2.75, 3.05) is 0 Å². The minimum Gasteiger partial charge on any atom is -0.131 e. The lowest BCUT2D eigenvalue weighted by Crippen LogP contribution is -2.39. The van der Waals surface area contributed by atoms with Gasteiger partial charge >= 0.3 is 0 Å². The van der Waals surface area contributed by atoms with Gasteiger partial charge < -0.3 is 0 Å². The summed E-state index contributed by atoms with van der Waals surface area (Å²) in [5.74, 6) is 0. The van der Waals surface area contributed by atoms with Gasteiger partial charge in [-0.05, 0) is 60.4 Å². The maximum absolute atomic E-state index is 3.53. The van der Waals surface area contributed by atoms with Gasteiger partial charge in [0.1, 0.15) is 0 Å². The molecule has 0 bridgehead atoms. The van der Waals surface area contributed by atoms with Crippen molar-refractivity contribution in [3.05, 3.63) is 0 Å². The lowest BCUT2D eigenvalue weighted by molar-refractivity contribution is 0.300. The Bertz CT molecular complexity index is 429. The van der Waals surface area contributed by atoms with E-state index in [-0.39, 0.29) is 0 Å². The molecule has 0 rings (SSSR count). The topological polar surface area (TPSA) is 0 Å². The molecule has 0 aliphatic carbocycles. The molecule has 0 amide bonds. The van der Waals surface area contributed by atoms with Crippen molar-refractivity contribution in [3.63, 3.8) is 0 Å². The van der Waals surface area contributed by atoms with Gasteiger partial charge in [-0.15, -0.1) is 27.7 Å². The minimum atomic E-state index is 0.379. The monoisotopic (exact) mass is 574 g/mol. The van der Waals surface area contributed by atoms with E-state index in [9.17, 15) is 0 Å². The zero-order valence-corrected chi connectivity index (χ0v) is 30.1. The van der Waals surface area contributed by atoms with E-state index in [1.54, 1.807) is 0 Å². The van der Waals surface area contributed by atoms with Crippen molar-refractivity contribution in [2.24, 2.45) is 0 Å². The van der Waals surface area contributed by atoms with Gasteiger partial charge in [0.2, 0.25) is 0 Å². The highest BCUT2D eigenvalue weighted by molar-refractivity contribution is 7.21. The highest BCUT2D eigenvalue weighted by Gasteiger charge is 2.40. The predicted molar refractivity (Wildman–Crippen MR) is 186 cm³/mol. The molecule has 0 saturated carbocycles. The molecule has 3 atom stereocenters. The Morgan fingerprint density at radius 2 is 0.514 bits per heavy atom. The van der Waals surface area contributed by atoms with Gasteiger partial charge in [-0.3, -0.25) is 0 Å². The van der Waals surface area contributed by atoms with E-state index in [0.29, 0.717) is 15.5 Å². The average Bonchev–Trinajstić information content (AvgIpc) is 2.85. The van der Waals surface area contributed by atoms with E-state index in [1.165, 1.54) is 167 Å². The van der Waals surface area contributed by atoms with E-state index >= 15 is 0 Å². The third kappa shape index (κ3) is 20.8. The fraction of sp³-hybridized carbons (Fsp3) is 1.00. The van der Waals surface area contributed by atoms with Crippen LogP contribution in [0.2, 0.25) is 0 Å². The van der Waals surface area contributed by atoms with E-state index in [2.05, 4.69) is 62.3 Å². The molecule has 0 fully saturated rings. The Hall–Kier alpha value is 1.29. The van der Waals surface area contributed by atoms with Crippen molar-refractivity contribution < 1.29 is 0 Å². The molecule has 0 aromatic heterocycles. The summed E-state index contributed by atoms with van der Waals surface area (Å²) in [4.78, 5) is 0. The molecular weight excluding hydrogens is 501 g/mol. The Morgan fingerprint density at radius 3 is 0.784 bits per heavy atom. The molecule has 0 aromatic rings. The van der Waals surface area contributed by atoms with Crippen molar-refractivity contribution >= 4 is 27.7 Å². The number of hydrogen-bond acceptors (Lipinski definition) is 0. The predicted octanol–water partition coefficient (Wildman–Crippen LogP) is 13.1. The zero-order chi connectivity index (χ0) is 27.9. The SMILES string of the molecule is CCCCCCC(P)(CCCCCC)CC(P)(CCCCC)CC(P)(CCCCCC)CCCCCC. The highest BCUT2D eigenvalue weighted by atomic mass is 31.0. The van der Waals surface area contributed by atoms with Gasteiger partial charge in [0, 0.05) is 0 Å². The molecule has 0 heterocycles. The average molecular weight is 575 g/mol. The van der Waals surface area contributed by atoms with E-state index in [0.717, 1.165) is 0 Å². The molecule has 0 aliphatic heterocycles. The lowest BCUT2D eigenvalue weighted by atomic mass is 9.76. The van der Waals surface area contributed by atoms with Gasteiger partial charge in [-0.2, -0.15) is 0 Å². The normalized spacial score (nSPS) is 13.0. The van der Waals surface area contributed by atoms with Crippen LogP contribution in [0.1, 0.15) is 202 Å². The number of rotatable bonds is 28. The maximum Gasteiger partial charge on any atom is -0.0133 e. The quantitative estimate of drug-likeness (QED) is 0.0644. The fourth-order valence-corrected chi connectivity index (χ4v) is 9.71. The van der Waals surface area contributed by atoms with Crippen LogP contribution in [0.5, 0.6) is 0 Å². The van der Waals surface area contributed by atoms with Crippen molar-refractivity contribution in [1.82, 2.24) is 0 Å². The summed E-state index contributed by atoms with van der Waals surface area (Å²) < 4.78 is 0. The van der Waals surface area contributed by atoms with E-state index in [4.69, 9.17) is 0 Å². The summed E-state index contributed by atoms with van der Waals surface area (Å²) in [6.07, 6.45) is 36.3. The Kier molecular flexibility index (Phi) is 24.8. The molecule has 224 valence electrons. The van der Waals surface area contributed by atoms with Crippen molar-refractivity contribution in [3.8, 4) is 0 Å². The van der Waals surface area contributed by atoms with Crippen LogP contribution in [-0.2, 0) is 0 Å². The smallest absolute Gasteiger partial charge is 0.0133 e. The minimum absolute atomic E-state index is 0.379. The third-order valence-corrected chi connectivity index (χ3v) is 11.1. The third-order valence-electron chi connectivity index (χ3n) is 8.80. The van der Waals surface area contributed by atoms with Crippen LogP contribution in [0.15, 0.2) is 0 Å². The summed E-state index contributed by atoms with van der Waals surface area (Å²) in [7, 11) is 10.5. The van der Waals surface area contributed by atoms with Gasteiger partial charge in [0.25, 0.3) is 0 Å². The summed E-state index contributed by atoms with van der Waals surface area (Å²) in [6, 6.07) is 0. The van der Waals surface area contributed by atoms with E-state index in [1.807, 2.05) is 0 Å². The van der Waals surface area contributed by atoms with Gasteiger partial charge in [-0.25, -0.2) is 0 Å². The van der Waals surface area contributed by atoms with Gasteiger partial charge in [0.05, 0.1) is 0 Å². The second kappa shape index (κ2) is 23.9. The van der Waals surface area contributed by atoms with Crippen LogP contribution in [0.25, 0.3) is 0 Å². The first kappa shape index (κ1) is 38.3. The van der Waals surface area contributed by atoms with Crippen LogP contribution in [0.3, 0.4) is 0 Å². The molecule has 0 N–H and O–H groups in total. The first-order valence-corrected chi connectivity index (χ1v) is 18.8. The van der Waals surface area contributed by atoms with Crippen LogP contribution in [0.4, 0.5) is 0 Å². The highest BCUT2D eigenvalue weighted by Crippen LogP contribution is 2.51. The number of hydrogen-bond donors (Lipinski definition) is 0. The molecule has 0 nitrogen and oxygen atoms in total. The van der Waals surface area contributed by atoms with Gasteiger partial charge in [-0.1, -0.05) is 157 Å². The first-order chi connectivity index (χ1) is 17.7. The molecule has 3 unspecified atom stereocenters. The summed E-state index contributed by atoms with van der Waals surface area (Å²) in [5, 5.41) is 1.22. The Labute approximate surface area is 244 Å². The molecule has 3 heteroatoms. The standard InChI is InChI=1S/C34H73P3/c1-6-11-16-21-25-32(35,26-22-17-12-7-2)30-34(37,29-20-15-10-5)31-33(36,27-23-18-13-8-3)28-24-19-14-9-4/h6-31,35-37H2,1-5H3. The van der Waals surface area contributed by atoms with Gasteiger partial charge in [0.15, 0.2) is 0 Å². The largest absolute Gasteiger partial charge is 0.131 e.